The predicted molar refractivity (Wildman–Crippen MR) is 160 cm³/mol. The number of urea groups is 1. The standard InChI is InChI=1S/C30H42N8O5/c1-28(2,3)19-7-9-20(10-8-19)36-27(39)32-11-6-12-37(21-14-40-15-21)13-22-24-30(16-41-22,43-29(4,5)42-24)38-18-35-23-25(31)33-17-34-26(23)38/h7-10,17-18,21-22,24H,6,11-16H2,1-5H3,(H2,31,33,34)(H2,32,36,39). The van der Waals surface area contributed by atoms with Crippen molar-refractivity contribution in [3.05, 3.63) is 42.5 Å². The summed E-state index contributed by atoms with van der Waals surface area (Å²) in [4.78, 5) is 27.9. The Labute approximate surface area is 251 Å². The van der Waals surface area contributed by atoms with Crippen LogP contribution in [-0.2, 0) is 30.1 Å². The van der Waals surface area contributed by atoms with Gasteiger partial charge in [-0.3, -0.25) is 9.47 Å². The maximum absolute atomic E-state index is 12.5. The molecule has 4 N–H and O–H groups in total. The molecule has 3 aliphatic heterocycles. The van der Waals surface area contributed by atoms with E-state index in [0.29, 0.717) is 43.3 Å². The highest BCUT2D eigenvalue weighted by molar-refractivity contribution is 5.89. The van der Waals surface area contributed by atoms with Crippen molar-refractivity contribution in [1.82, 2.24) is 29.7 Å². The van der Waals surface area contributed by atoms with Gasteiger partial charge in [-0.2, -0.15) is 0 Å². The molecule has 3 fully saturated rings. The largest absolute Gasteiger partial charge is 0.382 e. The Balaban J connectivity index is 1.08. The Hall–Kier alpha value is -3.36. The van der Waals surface area contributed by atoms with E-state index in [-0.39, 0.29) is 30.2 Å². The molecular formula is C30H42N8O5. The molecule has 0 saturated carbocycles. The minimum Gasteiger partial charge on any atom is -0.382 e. The molecule has 6 rings (SSSR count). The second-order valence-corrected chi connectivity index (χ2v) is 13.0. The van der Waals surface area contributed by atoms with Crippen LogP contribution in [0.4, 0.5) is 16.3 Å². The molecule has 13 nitrogen and oxygen atoms in total. The van der Waals surface area contributed by atoms with Gasteiger partial charge in [0.25, 0.3) is 0 Å². The van der Waals surface area contributed by atoms with Crippen LogP contribution >= 0.6 is 0 Å². The summed E-state index contributed by atoms with van der Waals surface area (Å²) in [6, 6.07) is 8.02. The molecule has 3 atom stereocenters. The molecule has 3 unspecified atom stereocenters. The first-order valence-corrected chi connectivity index (χ1v) is 14.9. The summed E-state index contributed by atoms with van der Waals surface area (Å²) in [5.41, 5.74) is 8.24. The molecule has 3 aromatic rings. The zero-order chi connectivity index (χ0) is 30.4. The van der Waals surface area contributed by atoms with Crippen LogP contribution in [0.1, 0.15) is 46.6 Å². The van der Waals surface area contributed by atoms with Crippen LogP contribution in [0.5, 0.6) is 0 Å². The summed E-state index contributed by atoms with van der Waals surface area (Å²) in [6.45, 7) is 13.8. The van der Waals surface area contributed by atoms with Crippen LogP contribution in [-0.4, -0.2) is 93.9 Å². The first-order valence-electron chi connectivity index (χ1n) is 14.9. The number of ether oxygens (including phenoxy) is 4. The van der Waals surface area contributed by atoms with Crippen LogP contribution in [0.15, 0.2) is 36.9 Å². The highest BCUT2D eigenvalue weighted by Gasteiger charge is 2.63. The molecule has 0 bridgehead atoms. The number of amides is 2. The Bertz CT molecular complexity index is 1450. The van der Waals surface area contributed by atoms with E-state index in [9.17, 15) is 4.79 Å². The van der Waals surface area contributed by atoms with Gasteiger partial charge in [-0.25, -0.2) is 19.7 Å². The minimum absolute atomic E-state index is 0.0631. The zero-order valence-corrected chi connectivity index (χ0v) is 25.5. The van der Waals surface area contributed by atoms with Gasteiger partial charge in [-0.15, -0.1) is 0 Å². The van der Waals surface area contributed by atoms with Crippen LogP contribution in [0.25, 0.3) is 11.2 Å². The number of fused-ring (bicyclic) bond motifs is 2. The average Bonchev–Trinajstić information content (AvgIpc) is 3.56. The quantitative estimate of drug-likeness (QED) is 0.316. The molecule has 0 aliphatic carbocycles. The van der Waals surface area contributed by atoms with Crippen molar-refractivity contribution < 1.29 is 23.7 Å². The van der Waals surface area contributed by atoms with Crippen LogP contribution < -0.4 is 16.4 Å². The Morgan fingerprint density at radius 2 is 1.93 bits per heavy atom. The van der Waals surface area contributed by atoms with Crippen molar-refractivity contribution in [3.63, 3.8) is 0 Å². The molecule has 2 aromatic heterocycles. The van der Waals surface area contributed by atoms with Gasteiger partial charge in [-0.1, -0.05) is 32.9 Å². The lowest BCUT2D eigenvalue weighted by Gasteiger charge is -2.39. The van der Waals surface area contributed by atoms with Gasteiger partial charge >= 0.3 is 6.03 Å². The normalized spacial score (nSPS) is 25.2. The molecule has 43 heavy (non-hydrogen) atoms. The van der Waals surface area contributed by atoms with E-state index in [2.05, 4.69) is 51.3 Å². The number of carbonyl (C=O) groups is 1. The molecule has 232 valence electrons. The molecule has 13 heteroatoms. The minimum atomic E-state index is -0.948. The number of nitrogens with zero attached hydrogens (tertiary/aromatic N) is 5. The number of nitrogens with one attached hydrogen (secondary N) is 2. The second kappa shape index (κ2) is 11.3. The van der Waals surface area contributed by atoms with Gasteiger partial charge in [0, 0.05) is 25.3 Å². The van der Waals surface area contributed by atoms with Gasteiger partial charge in [0.15, 0.2) is 17.3 Å². The molecular weight excluding hydrogens is 552 g/mol. The summed E-state index contributed by atoms with van der Waals surface area (Å²) < 4.78 is 26.8. The van der Waals surface area contributed by atoms with E-state index in [1.165, 1.54) is 11.9 Å². The number of anilines is 2. The highest BCUT2D eigenvalue weighted by Crippen LogP contribution is 2.47. The maximum Gasteiger partial charge on any atom is 0.319 e. The second-order valence-electron chi connectivity index (χ2n) is 13.0. The van der Waals surface area contributed by atoms with E-state index >= 15 is 0 Å². The third-order valence-electron chi connectivity index (χ3n) is 8.36. The monoisotopic (exact) mass is 594 g/mol. The first kappa shape index (κ1) is 29.7. The number of hydrogen-bond donors (Lipinski definition) is 3. The van der Waals surface area contributed by atoms with Crippen LogP contribution in [0, 0.1) is 0 Å². The molecule has 0 spiro atoms. The van der Waals surface area contributed by atoms with Gasteiger partial charge in [0.1, 0.15) is 24.1 Å². The topological polar surface area (TPSA) is 151 Å². The summed E-state index contributed by atoms with van der Waals surface area (Å²) in [7, 11) is 0. The number of nitrogens with two attached hydrogens (primary N) is 1. The lowest BCUT2D eigenvalue weighted by atomic mass is 9.87. The van der Waals surface area contributed by atoms with Crippen molar-refractivity contribution >= 4 is 28.7 Å². The lowest BCUT2D eigenvalue weighted by molar-refractivity contribution is -0.206. The van der Waals surface area contributed by atoms with Gasteiger partial charge in [-0.05, 0) is 43.4 Å². The third-order valence-corrected chi connectivity index (χ3v) is 8.36. The Morgan fingerprint density at radius 1 is 1.16 bits per heavy atom. The van der Waals surface area contributed by atoms with E-state index in [1.54, 1.807) is 6.33 Å². The molecule has 3 saturated heterocycles. The number of carbonyl (C=O) groups excluding carboxylic acids is 1. The van der Waals surface area contributed by atoms with Gasteiger partial charge in [0.05, 0.1) is 32.2 Å². The number of nitrogen functional groups attached to an aromatic ring is 1. The van der Waals surface area contributed by atoms with Crippen LogP contribution in [0.3, 0.4) is 0 Å². The fourth-order valence-electron chi connectivity index (χ4n) is 6.03. The van der Waals surface area contributed by atoms with E-state index in [4.69, 9.17) is 24.7 Å². The summed E-state index contributed by atoms with van der Waals surface area (Å²) in [5.74, 6) is -0.529. The smallest absolute Gasteiger partial charge is 0.319 e. The molecule has 5 heterocycles. The zero-order valence-electron chi connectivity index (χ0n) is 25.5. The average molecular weight is 595 g/mol. The maximum atomic E-state index is 12.5. The van der Waals surface area contributed by atoms with Crippen molar-refractivity contribution in [3.8, 4) is 0 Å². The lowest BCUT2D eigenvalue weighted by Crippen LogP contribution is -2.54. The Morgan fingerprint density at radius 3 is 2.63 bits per heavy atom. The third kappa shape index (κ3) is 5.92. The summed E-state index contributed by atoms with van der Waals surface area (Å²) >= 11 is 0. The SMILES string of the molecule is CC1(C)OC2C(CN(CCCNC(=O)Nc3ccc(C(C)(C)C)cc3)C3COC3)OCC2(n2cnc3c(N)ncnc32)O1. The predicted octanol–water partition coefficient (Wildman–Crippen LogP) is 2.82. The molecule has 0 radical (unpaired) electrons. The molecule has 2 amide bonds. The van der Waals surface area contributed by atoms with E-state index < -0.39 is 17.6 Å². The highest BCUT2D eigenvalue weighted by atomic mass is 16.8. The van der Waals surface area contributed by atoms with Gasteiger partial charge in [0.2, 0.25) is 5.72 Å². The number of rotatable bonds is 9. The van der Waals surface area contributed by atoms with Crippen molar-refractivity contribution in [2.75, 3.05) is 50.5 Å². The number of benzene rings is 1. The van der Waals surface area contributed by atoms with E-state index in [1.807, 2.05) is 42.7 Å². The van der Waals surface area contributed by atoms with Crippen LogP contribution in [0.2, 0.25) is 0 Å². The number of imidazole rings is 1. The number of hydrogen-bond acceptors (Lipinski definition) is 10. The Kier molecular flexibility index (Phi) is 7.80. The first-order chi connectivity index (χ1) is 20.5. The van der Waals surface area contributed by atoms with Gasteiger partial charge < -0.3 is 35.3 Å². The summed E-state index contributed by atoms with van der Waals surface area (Å²) in [5, 5.41) is 5.90. The molecule has 3 aliphatic rings. The number of aromatic nitrogens is 4. The van der Waals surface area contributed by atoms with Crippen molar-refractivity contribution in [1.29, 1.82) is 0 Å². The summed E-state index contributed by atoms with van der Waals surface area (Å²) in [6.07, 6.45) is 3.18. The fraction of sp³-hybridized carbons (Fsp3) is 0.600. The van der Waals surface area contributed by atoms with Crippen molar-refractivity contribution in [2.45, 2.75) is 76.2 Å². The van der Waals surface area contributed by atoms with Crippen molar-refractivity contribution in [2.24, 2.45) is 0 Å². The fourth-order valence-corrected chi connectivity index (χ4v) is 6.03. The van der Waals surface area contributed by atoms with E-state index in [0.717, 1.165) is 18.7 Å². The molecule has 1 aromatic carbocycles.